The Morgan fingerprint density at radius 3 is 2.70 bits per heavy atom. The van der Waals surface area contributed by atoms with Gasteiger partial charge in [0.1, 0.15) is 12.5 Å². The molecule has 0 saturated heterocycles. The van der Waals surface area contributed by atoms with Crippen LogP contribution in [0.15, 0.2) is 0 Å². The maximum absolute atomic E-state index is 12.7. The third kappa shape index (κ3) is 1.69. The van der Waals surface area contributed by atoms with Crippen molar-refractivity contribution in [3.8, 4) is 0 Å². The molecule has 1 fully saturated rings. The molecule has 0 aromatic heterocycles. The molecule has 0 aromatic carbocycles. The smallest absolute Gasteiger partial charge is 0.123 e. The first-order valence-electron chi connectivity index (χ1n) is 3.47. The van der Waals surface area contributed by atoms with E-state index in [1.165, 1.54) is 0 Å². The molecule has 1 aliphatic carbocycles. The summed E-state index contributed by atoms with van der Waals surface area (Å²) in [5.74, 6) is -0.0926. The predicted octanol–water partition coefficient (Wildman–Crippen LogP) is 1.93. The van der Waals surface area contributed by atoms with E-state index in [1.807, 2.05) is 0 Å². The molecule has 0 aromatic rings. The molecule has 0 spiro atoms. The topological polar surface area (TPSA) is 17.1 Å². The number of halogens is 2. The molecule has 3 atom stereocenters. The highest BCUT2D eigenvalue weighted by Crippen LogP contribution is 2.28. The van der Waals surface area contributed by atoms with Crippen LogP contribution in [-0.4, -0.2) is 17.8 Å². The molecule has 58 valence electrons. The van der Waals surface area contributed by atoms with Gasteiger partial charge in [0.05, 0.1) is 5.38 Å². The highest BCUT2D eigenvalue weighted by Gasteiger charge is 2.28. The van der Waals surface area contributed by atoms with E-state index < -0.39 is 6.17 Å². The average molecular weight is 165 g/mol. The summed E-state index contributed by atoms with van der Waals surface area (Å²) in [7, 11) is 0. The lowest BCUT2D eigenvalue weighted by molar-refractivity contribution is -0.112. The van der Waals surface area contributed by atoms with Crippen molar-refractivity contribution in [3.05, 3.63) is 0 Å². The van der Waals surface area contributed by atoms with Crippen molar-refractivity contribution >= 4 is 17.9 Å². The number of aldehydes is 1. The lowest BCUT2D eigenvalue weighted by Crippen LogP contribution is -2.27. The molecule has 1 aliphatic rings. The van der Waals surface area contributed by atoms with Crippen molar-refractivity contribution in [3.63, 3.8) is 0 Å². The molecule has 3 unspecified atom stereocenters. The zero-order valence-electron chi connectivity index (χ0n) is 5.59. The fraction of sp³-hybridized carbons (Fsp3) is 0.857. The molecule has 3 heteroatoms. The third-order valence-corrected chi connectivity index (χ3v) is 2.42. The summed E-state index contributed by atoms with van der Waals surface area (Å²) in [6.07, 6.45) is 1.54. The van der Waals surface area contributed by atoms with E-state index >= 15 is 0 Å². The van der Waals surface area contributed by atoms with E-state index in [0.717, 1.165) is 12.7 Å². The van der Waals surface area contributed by atoms with Crippen LogP contribution in [-0.2, 0) is 4.79 Å². The second-order valence-corrected chi connectivity index (χ2v) is 3.30. The Labute approximate surface area is 64.6 Å². The summed E-state index contributed by atoms with van der Waals surface area (Å²) in [6, 6.07) is 0. The first-order valence-corrected chi connectivity index (χ1v) is 3.91. The molecule has 1 nitrogen and oxygen atoms in total. The van der Waals surface area contributed by atoms with Crippen molar-refractivity contribution in [1.82, 2.24) is 0 Å². The van der Waals surface area contributed by atoms with Gasteiger partial charge >= 0.3 is 0 Å². The summed E-state index contributed by atoms with van der Waals surface area (Å²) >= 11 is 5.60. The Kier molecular flexibility index (Phi) is 2.66. The molecule has 10 heavy (non-hydrogen) atoms. The minimum Gasteiger partial charge on any atom is -0.303 e. The zero-order valence-corrected chi connectivity index (χ0v) is 6.35. The summed E-state index contributed by atoms with van der Waals surface area (Å²) in [5, 5.41) is -0.365. The number of hydrogen-bond acceptors (Lipinski definition) is 1. The number of alkyl halides is 2. The van der Waals surface area contributed by atoms with E-state index in [9.17, 15) is 9.18 Å². The van der Waals surface area contributed by atoms with Gasteiger partial charge in [0.2, 0.25) is 0 Å². The summed E-state index contributed by atoms with van der Waals surface area (Å²) in [6.45, 7) is 0. The molecular weight excluding hydrogens is 155 g/mol. The number of carbonyl (C=O) groups is 1. The Balaban J connectivity index is 2.40. The highest BCUT2D eigenvalue weighted by atomic mass is 35.5. The standard InChI is InChI=1S/C7H10ClFO/c8-6-2-1-5(4-10)3-7(6)9/h4-7H,1-3H2. The van der Waals surface area contributed by atoms with Crippen LogP contribution in [0.4, 0.5) is 4.39 Å². The van der Waals surface area contributed by atoms with Gasteiger partial charge in [-0.2, -0.15) is 0 Å². The van der Waals surface area contributed by atoms with Crippen LogP contribution < -0.4 is 0 Å². The number of carbonyl (C=O) groups excluding carboxylic acids is 1. The quantitative estimate of drug-likeness (QED) is 0.428. The Morgan fingerprint density at radius 1 is 1.50 bits per heavy atom. The fourth-order valence-corrected chi connectivity index (χ4v) is 1.46. The van der Waals surface area contributed by atoms with Gasteiger partial charge in [-0.3, -0.25) is 0 Å². The molecule has 1 saturated carbocycles. The van der Waals surface area contributed by atoms with Crippen LogP contribution >= 0.6 is 11.6 Å². The van der Waals surface area contributed by atoms with Crippen LogP contribution in [0.2, 0.25) is 0 Å². The van der Waals surface area contributed by atoms with Crippen LogP contribution in [0.5, 0.6) is 0 Å². The second-order valence-electron chi connectivity index (χ2n) is 2.74. The number of rotatable bonds is 1. The van der Waals surface area contributed by atoms with E-state index in [4.69, 9.17) is 11.6 Å². The third-order valence-electron chi connectivity index (χ3n) is 1.93. The highest BCUT2D eigenvalue weighted by molar-refractivity contribution is 6.21. The monoisotopic (exact) mass is 164 g/mol. The van der Waals surface area contributed by atoms with Gasteiger partial charge in [-0.1, -0.05) is 0 Å². The van der Waals surface area contributed by atoms with Gasteiger partial charge in [0, 0.05) is 5.92 Å². The molecule has 0 bridgehead atoms. The van der Waals surface area contributed by atoms with E-state index in [2.05, 4.69) is 0 Å². The molecule has 0 aliphatic heterocycles. The van der Waals surface area contributed by atoms with Crippen LogP contribution in [0.3, 0.4) is 0 Å². The number of hydrogen-bond donors (Lipinski definition) is 0. The van der Waals surface area contributed by atoms with Crippen LogP contribution in [0.25, 0.3) is 0 Å². The fourth-order valence-electron chi connectivity index (χ4n) is 1.23. The van der Waals surface area contributed by atoms with Gasteiger partial charge in [-0.25, -0.2) is 4.39 Å². The predicted molar refractivity (Wildman–Crippen MR) is 37.9 cm³/mol. The molecule has 0 heterocycles. The normalized spacial score (nSPS) is 41.2. The Hall–Kier alpha value is -0.110. The first kappa shape index (κ1) is 7.99. The zero-order chi connectivity index (χ0) is 7.56. The van der Waals surface area contributed by atoms with E-state index in [0.29, 0.717) is 12.8 Å². The molecule has 1 rings (SSSR count). The summed E-state index contributed by atoms with van der Waals surface area (Å²) < 4.78 is 12.7. The maximum Gasteiger partial charge on any atom is 0.123 e. The largest absolute Gasteiger partial charge is 0.303 e. The van der Waals surface area contributed by atoms with Gasteiger partial charge in [-0.05, 0) is 19.3 Å². The summed E-state index contributed by atoms with van der Waals surface area (Å²) in [5.41, 5.74) is 0. The van der Waals surface area contributed by atoms with Gasteiger partial charge in [0.25, 0.3) is 0 Å². The maximum atomic E-state index is 12.7. The lowest BCUT2D eigenvalue weighted by atomic mass is 9.89. The van der Waals surface area contributed by atoms with E-state index in [-0.39, 0.29) is 11.3 Å². The molecule has 0 N–H and O–H groups in total. The minimum atomic E-state index is -0.981. The van der Waals surface area contributed by atoms with Gasteiger partial charge < -0.3 is 4.79 Å². The average Bonchev–Trinajstić information content (AvgIpc) is 1.95. The lowest BCUT2D eigenvalue weighted by Gasteiger charge is -2.24. The van der Waals surface area contributed by atoms with Crippen LogP contribution in [0.1, 0.15) is 19.3 Å². The van der Waals surface area contributed by atoms with Crippen LogP contribution in [0, 0.1) is 5.92 Å². The van der Waals surface area contributed by atoms with E-state index in [1.54, 1.807) is 0 Å². The minimum absolute atomic E-state index is 0.0926. The Morgan fingerprint density at radius 2 is 2.20 bits per heavy atom. The van der Waals surface area contributed by atoms with Crippen molar-refractivity contribution in [1.29, 1.82) is 0 Å². The van der Waals surface area contributed by atoms with Gasteiger partial charge in [0.15, 0.2) is 0 Å². The van der Waals surface area contributed by atoms with Crippen molar-refractivity contribution in [2.24, 2.45) is 5.92 Å². The first-order chi connectivity index (χ1) is 4.74. The Bertz CT molecular complexity index is 129. The molecule has 0 amide bonds. The van der Waals surface area contributed by atoms with Crippen molar-refractivity contribution < 1.29 is 9.18 Å². The van der Waals surface area contributed by atoms with Crippen molar-refractivity contribution in [2.75, 3.05) is 0 Å². The molecular formula is C7H10ClFO. The van der Waals surface area contributed by atoms with Crippen molar-refractivity contribution in [2.45, 2.75) is 30.8 Å². The second kappa shape index (κ2) is 3.33. The molecule has 0 radical (unpaired) electrons. The van der Waals surface area contributed by atoms with Gasteiger partial charge in [-0.15, -0.1) is 11.6 Å². The summed E-state index contributed by atoms with van der Waals surface area (Å²) in [4.78, 5) is 10.2. The SMILES string of the molecule is O=CC1CCC(Cl)C(F)C1.